The van der Waals surface area contributed by atoms with Crippen LogP contribution in [-0.2, 0) is 23.5 Å². The molecular formula is C19H19N7O2S2. The first-order valence-electron chi connectivity index (χ1n) is 9.24. The summed E-state index contributed by atoms with van der Waals surface area (Å²) in [6.45, 7) is 4.01. The Labute approximate surface area is 181 Å². The van der Waals surface area contributed by atoms with Crippen LogP contribution in [0.1, 0.15) is 31.0 Å². The Morgan fingerprint density at radius 1 is 1.27 bits per heavy atom. The molecule has 1 aromatic carbocycles. The van der Waals surface area contributed by atoms with Gasteiger partial charge in [-0.3, -0.25) is 9.69 Å². The van der Waals surface area contributed by atoms with Crippen molar-refractivity contribution in [2.24, 2.45) is 0 Å². The molecule has 3 heterocycles. The molecule has 0 saturated carbocycles. The molecule has 30 heavy (non-hydrogen) atoms. The third kappa shape index (κ3) is 4.74. The average molecular weight is 442 g/mol. The molecule has 0 aliphatic heterocycles. The Balaban J connectivity index is 1.41. The van der Waals surface area contributed by atoms with E-state index >= 15 is 0 Å². The van der Waals surface area contributed by atoms with Crippen LogP contribution in [0, 0.1) is 0 Å². The molecule has 0 radical (unpaired) electrons. The lowest BCUT2D eigenvalue weighted by atomic mass is 10.1. The van der Waals surface area contributed by atoms with Gasteiger partial charge in [0.15, 0.2) is 5.13 Å². The van der Waals surface area contributed by atoms with Crippen LogP contribution in [0.3, 0.4) is 0 Å². The molecule has 3 aromatic heterocycles. The Bertz CT molecular complexity index is 1110. The maximum absolute atomic E-state index is 12.3. The van der Waals surface area contributed by atoms with E-state index in [4.69, 9.17) is 4.42 Å². The van der Waals surface area contributed by atoms with Crippen LogP contribution in [0.4, 0.5) is 10.8 Å². The topological polar surface area (TPSA) is 103 Å². The van der Waals surface area contributed by atoms with Gasteiger partial charge < -0.3 is 4.42 Å². The summed E-state index contributed by atoms with van der Waals surface area (Å²) in [6, 6.07) is 7.96. The van der Waals surface area contributed by atoms with Crippen molar-refractivity contribution in [1.82, 2.24) is 29.9 Å². The van der Waals surface area contributed by atoms with Gasteiger partial charge >= 0.3 is 0 Å². The zero-order valence-corrected chi connectivity index (χ0v) is 18.1. The number of amides is 1. The second kappa shape index (κ2) is 9.18. The lowest BCUT2D eigenvalue weighted by molar-refractivity contribution is -0.115. The zero-order valence-electron chi connectivity index (χ0n) is 16.4. The minimum Gasteiger partial charge on any atom is -0.414 e. The predicted octanol–water partition coefficient (Wildman–Crippen LogP) is 3.71. The highest BCUT2D eigenvalue weighted by molar-refractivity contribution is 7.98. The molecule has 154 valence electrons. The smallest absolute Gasteiger partial charge is 0.277 e. The lowest BCUT2D eigenvalue weighted by Gasteiger charge is -2.18. The Morgan fingerprint density at radius 2 is 2.10 bits per heavy atom. The standard InChI is InChI=1S/C19H19N7O2S2/c1-3-14-4-6-16(7-5-14)26(13(2)27)18-22-15(9-29-18)10-30-19-24-23-17(28-19)8-25-12-20-11-21-25/h4-7,9,11-12H,3,8,10H2,1-2H3. The van der Waals surface area contributed by atoms with Gasteiger partial charge in [0.05, 0.1) is 11.4 Å². The van der Waals surface area contributed by atoms with Gasteiger partial charge in [-0.25, -0.2) is 14.6 Å². The number of rotatable bonds is 8. The van der Waals surface area contributed by atoms with Crippen LogP contribution in [0.2, 0.25) is 0 Å². The average Bonchev–Trinajstić information content (AvgIpc) is 3.50. The van der Waals surface area contributed by atoms with Crippen LogP contribution in [0.25, 0.3) is 0 Å². The maximum Gasteiger partial charge on any atom is 0.277 e. The number of nitrogens with zero attached hydrogens (tertiary/aromatic N) is 7. The van der Waals surface area contributed by atoms with Gasteiger partial charge in [-0.15, -0.1) is 21.5 Å². The molecule has 0 spiro atoms. The number of aryl methyl sites for hydroxylation is 1. The molecule has 0 saturated heterocycles. The molecule has 9 nitrogen and oxygen atoms in total. The third-order valence-corrected chi connectivity index (χ3v) is 5.93. The maximum atomic E-state index is 12.3. The molecule has 4 aromatic rings. The number of thioether (sulfide) groups is 1. The van der Waals surface area contributed by atoms with Crippen LogP contribution < -0.4 is 4.90 Å². The highest BCUT2D eigenvalue weighted by atomic mass is 32.2. The summed E-state index contributed by atoms with van der Waals surface area (Å²) in [5, 5.41) is 15.1. The molecule has 0 atom stereocenters. The first-order valence-corrected chi connectivity index (χ1v) is 11.1. The van der Waals surface area contributed by atoms with E-state index in [1.807, 2.05) is 29.6 Å². The van der Waals surface area contributed by atoms with Gasteiger partial charge in [-0.05, 0) is 24.1 Å². The van der Waals surface area contributed by atoms with Crippen molar-refractivity contribution in [2.45, 2.75) is 37.8 Å². The fourth-order valence-corrected chi connectivity index (χ4v) is 4.39. The van der Waals surface area contributed by atoms with E-state index in [0.29, 0.717) is 28.5 Å². The second-order valence-electron chi connectivity index (χ2n) is 6.34. The number of carbonyl (C=O) groups is 1. The minimum atomic E-state index is -0.0811. The van der Waals surface area contributed by atoms with E-state index in [0.717, 1.165) is 17.8 Å². The molecule has 0 bridgehead atoms. The number of aromatic nitrogens is 6. The monoisotopic (exact) mass is 441 g/mol. The van der Waals surface area contributed by atoms with E-state index in [-0.39, 0.29) is 5.91 Å². The summed E-state index contributed by atoms with van der Waals surface area (Å²) in [5.41, 5.74) is 2.87. The molecule has 0 fully saturated rings. The van der Waals surface area contributed by atoms with Crippen molar-refractivity contribution in [2.75, 3.05) is 4.90 Å². The molecule has 0 N–H and O–H groups in total. The lowest BCUT2D eigenvalue weighted by Crippen LogP contribution is -2.22. The van der Waals surface area contributed by atoms with Gasteiger partial charge in [0, 0.05) is 18.1 Å². The number of benzene rings is 1. The summed E-state index contributed by atoms with van der Waals surface area (Å²) in [4.78, 5) is 22.4. The van der Waals surface area contributed by atoms with Crippen molar-refractivity contribution < 1.29 is 9.21 Å². The fourth-order valence-electron chi connectivity index (χ4n) is 2.72. The third-order valence-electron chi connectivity index (χ3n) is 4.20. The minimum absolute atomic E-state index is 0.0811. The summed E-state index contributed by atoms with van der Waals surface area (Å²) in [6.07, 6.45) is 3.99. The predicted molar refractivity (Wildman–Crippen MR) is 114 cm³/mol. The molecule has 11 heteroatoms. The second-order valence-corrected chi connectivity index (χ2v) is 8.10. The Kier molecular flexibility index (Phi) is 6.19. The summed E-state index contributed by atoms with van der Waals surface area (Å²) >= 11 is 2.83. The van der Waals surface area contributed by atoms with Gasteiger partial charge in [0.1, 0.15) is 19.2 Å². The van der Waals surface area contributed by atoms with Crippen LogP contribution in [-0.4, -0.2) is 35.9 Å². The number of anilines is 2. The van der Waals surface area contributed by atoms with E-state index in [9.17, 15) is 4.79 Å². The molecule has 4 rings (SSSR count). The van der Waals surface area contributed by atoms with Gasteiger partial charge in [-0.2, -0.15) is 5.10 Å². The van der Waals surface area contributed by atoms with Gasteiger partial charge in [0.2, 0.25) is 11.8 Å². The van der Waals surface area contributed by atoms with Crippen molar-refractivity contribution in [1.29, 1.82) is 0 Å². The van der Waals surface area contributed by atoms with E-state index in [2.05, 4.69) is 32.2 Å². The SMILES string of the molecule is CCc1ccc(N(C(C)=O)c2nc(CSc3nnc(Cn4cncn4)o3)cs2)cc1. The normalized spacial score (nSPS) is 11.0. The molecule has 0 aliphatic rings. The first kappa shape index (κ1) is 20.2. The highest BCUT2D eigenvalue weighted by Crippen LogP contribution is 2.31. The molecule has 0 unspecified atom stereocenters. The van der Waals surface area contributed by atoms with Crippen molar-refractivity contribution >= 4 is 39.8 Å². The molecule has 1 amide bonds. The number of thiazole rings is 1. The molecular weight excluding hydrogens is 422 g/mol. The largest absolute Gasteiger partial charge is 0.414 e. The summed E-state index contributed by atoms with van der Waals surface area (Å²) in [5.74, 6) is 0.935. The van der Waals surface area contributed by atoms with Crippen LogP contribution in [0.15, 0.2) is 51.9 Å². The van der Waals surface area contributed by atoms with Crippen molar-refractivity contribution in [3.63, 3.8) is 0 Å². The van der Waals surface area contributed by atoms with Crippen LogP contribution in [0.5, 0.6) is 0 Å². The number of hydrogen-bond donors (Lipinski definition) is 0. The van der Waals surface area contributed by atoms with E-state index in [1.165, 1.54) is 35.0 Å². The quantitative estimate of drug-likeness (QED) is 0.381. The fraction of sp³-hybridized carbons (Fsp3) is 0.263. The number of hydrogen-bond acceptors (Lipinski definition) is 9. The Hall–Kier alpha value is -3.05. The van der Waals surface area contributed by atoms with Gasteiger partial charge in [0.25, 0.3) is 5.22 Å². The zero-order chi connectivity index (χ0) is 20.9. The Morgan fingerprint density at radius 3 is 2.80 bits per heavy atom. The van der Waals surface area contributed by atoms with E-state index < -0.39 is 0 Å². The van der Waals surface area contributed by atoms with Crippen LogP contribution >= 0.6 is 23.1 Å². The first-order chi connectivity index (χ1) is 14.6. The summed E-state index contributed by atoms with van der Waals surface area (Å²) < 4.78 is 7.23. The highest BCUT2D eigenvalue weighted by Gasteiger charge is 2.18. The molecule has 0 aliphatic carbocycles. The van der Waals surface area contributed by atoms with Crippen molar-refractivity contribution in [3.8, 4) is 0 Å². The van der Waals surface area contributed by atoms with Gasteiger partial charge in [-0.1, -0.05) is 30.8 Å². The number of carbonyl (C=O) groups excluding carboxylic acids is 1. The van der Waals surface area contributed by atoms with Crippen molar-refractivity contribution in [3.05, 3.63) is 59.4 Å². The summed E-state index contributed by atoms with van der Waals surface area (Å²) in [7, 11) is 0. The van der Waals surface area contributed by atoms with E-state index in [1.54, 1.807) is 22.8 Å².